The van der Waals surface area contributed by atoms with E-state index in [2.05, 4.69) is 15.6 Å². The van der Waals surface area contributed by atoms with E-state index in [0.29, 0.717) is 30.4 Å². The van der Waals surface area contributed by atoms with Crippen LogP contribution in [0.2, 0.25) is 0 Å². The Hall–Kier alpha value is -2.74. The number of nitrogens with zero attached hydrogens (tertiary/aromatic N) is 1. The molecule has 0 aliphatic rings. The van der Waals surface area contributed by atoms with Gasteiger partial charge in [0.2, 0.25) is 0 Å². The molecule has 0 aliphatic carbocycles. The third-order valence-corrected chi connectivity index (χ3v) is 5.71. The van der Waals surface area contributed by atoms with E-state index in [4.69, 9.17) is 9.47 Å². The molecular formula is C20H27N3O4S. The monoisotopic (exact) mass is 405 g/mol. The Balaban J connectivity index is 1.82. The van der Waals surface area contributed by atoms with Crippen LogP contribution in [0.4, 0.5) is 5.69 Å². The lowest BCUT2D eigenvalue weighted by Gasteiger charge is -2.14. The molecule has 0 aliphatic heterocycles. The van der Waals surface area contributed by atoms with Crippen molar-refractivity contribution < 1.29 is 17.9 Å². The summed E-state index contributed by atoms with van der Waals surface area (Å²) >= 11 is 0. The summed E-state index contributed by atoms with van der Waals surface area (Å²) in [6, 6.07) is 14.7. The minimum absolute atomic E-state index is 0.0620. The zero-order valence-electron chi connectivity index (χ0n) is 16.4. The first-order valence-electron chi connectivity index (χ1n) is 8.91. The Kier molecular flexibility index (Phi) is 8.13. The predicted octanol–water partition coefficient (Wildman–Crippen LogP) is 2.70. The number of hydrogen-bond acceptors (Lipinski definition) is 5. The predicted molar refractivity (Wildman–Crippen MR) is 113 cm³/mol. The number of guanidine groups is 1. The summed E-state index contributed by atoms with van der Waals surface area (Å²) in [5.41, 5.74) is 1.59. The summed E-state index contributed by atoms with van der Waals surface area (Å²) in [6.45, 7) is 0.487. The van der Waals surface area contributed by atoms with Crippen LogP contribution in [0.15, 0.2) is 53.5 Å². The molecule has 0 saturated heterocycles. The standard InChI is InChI=1S/C20H27N3O4S/c1-21-20(23-17-10-11-18(26-2)19(14-17)27-3)22-12-7-13-28(24,25)15-16-8-5-4-6-9-16/h4-6,8-11,14H,7,12-13,15H2,1-3H3,(H2,21,22,23). The van der Waals surface area contributed by atoms with Crippen LogP contribution >= 0.6 is 0 Å². The largest absolute Gasteiger partial charge is 0.493 e. The fraction of sp³-hybridized carbons (Fsp3) is 0.350. The Morgan fingerprint density at radius 3 is 2.39 bits per heavy atom. The van der Waals surface area contributed by atoms with E-state index >= 15 is 0 Å². The van der Waals surface area contributed by atoms with Gasteiger partial charge in [0.1, 0.15) is 0 Å². The molecule has 2 aromatic rings. The van der Waals surface area contributed by atoms with E-state index in [1.165, 1.54) is 0 Å². The molecule has 0 amide bonds. The van der Waals surface area contributed by atoms with E-state index in [9.17, 15) is 8.42 Å². The highest BCUT2D eigenvalue weighted by Gasteiger charge is 2.12. The molecule has 0 bridgehead atoms. The average molecular weight is 406 g/mol. The normalized spacial score (nSPS) is 11.8. The molecule has 0 saturated carbocycles. The van der Waals surface area contributed by atoms with Crippen molar-refractivity contribution in [3.05, 3.63) is 54.1 Å². The number of benzene rings is 2. The molecule has 0 unspecified atom stereocenters. The van der Waals surface area contributed by atoms with Gasteiger partial charge in [-0.2, -0.15) is 0 Å². The smallest absolute Gasteiger partial charge is 0.195 e. The summed E-state index contributed by atoms with van der Waals surface area (Å²) < 4.78 is 35.0. The maximum Gasteiger partial charge on any atom is 0.195 e. The highest BCUT2D eigenvalue weighted by molar-refractivity contribution is 7.90. The van der Waals surface area contributed by atoms with Crippen LogP contribution in [0.1, 0.15) is 12.0 Å². The van der Waals surface area contributed by atoms with Gasteiger partial charge in [-0.3, -0.25) is 4.99 Å². The minimum atomic E-state index is -3.15. The van der Waals surface area contributed by atoms with Crippen LogP contribution in [0.5, 0.6) is 11.5 Å². The molecule has 0 heterocycles. The summed E-state index contributed by atoms with van der Waals surface area (Å²) in [5.74, 6) is 1.97. The minimum Gasteiger partial charge on any atom is -0.493 e. The van der Waals surface area contributed by atoms with Crippen molar-refractivity contribution >= 4 is 21.5 Å². The number of nitrogens with one attached hydrogen (secondary N) is 2. The molecule has 0 atom stereocenters. The van der Waals surface area contributed by atoms with Gasteiger partial charge < -0.3 is 20.1 Å². The lowest BCUT2D eigenvalue weighted by molar-refractivity contribution is 0.355. The van der Waals surface area contributed by atoms with Crippen LogP contribution in [-0.4, -0.2) is 47.9 Å². The van der Waals surface area contributed by atoms with Gasteiger partial charge >= 0.3 is 0 Å². The molecule has 0 radical (unpaired) electrons. The fourth-order valence-electron chi connectivity index (χ4n) is 2.63. The maximum absolute atomic E-state index is 12.2. The zero-order chi connectivity index (χ0) is 20.4. The molecule has 7 nitrogen and oxygen atoms in total. The third kappa shape index (κ3) is 6.77. The molecule has 0 fully saturated rings. The van der Waals surface area contributed by atoms with Crippen molar-refractivity contribution in [3.63, 3.8) is 0 Å². The molecule has 8 heteroatoms. The Morgan fingerprint density at radius 2 is 1.75 bits per heavy atom. The first kappa shape index (κ1) is 21.6. The quantitative estimate of drug-likeness (QED) is 0.379. The fourth-order valence-corrected chi connectivity index (χ4v) is 4.06. The number of ether oxygens (including phenoxy) is 2. The number of rotatable bonds is 9. The van der Waals surface area contributed by atoms with E-state index < -0.39 is 9.84 Å². The van der Waals surface area contributed by atoms with Crippen molar-refractivity contribution in [2.45, 2.75) is 12.2 Å². The number of hydrogen-bond donors (Lipinski definition) is 2. The summed E-state index contributed by atoms with van der Waals surface area (Å²) in [4.78, 5) is 4.16. The topological polar surface area (TPSA) is 89.0 Å². The van der Waals surface area contributed by atoms with Crippen molar-refractivity contribution in [3.8, 4) is 11.5 Å². The van der Waals surface area contributed by atoms with Gasteiger partial charge in [0.15, 0.2) is 27.3 Å². The van der Waals surface area contributed by atoms with Crippen LogP contribution in [-0.2, 0) is 15.6 Å². The van der Waals surface area contributed by atoms with E-state index in [-0.39, 0.29) is 11.5 Å². The van der Waals surface area contributed by atoms with E-state index in [1.54, 1.807) is 33.4 Å². The summed E-state index contributed by atoms with van der Waals surface area (Å²) in [5, 5.41) is 6.27. The van der Waals surface area contributed by atoms with Crippen LogP contribution in [0, 0.1) is 0 Å². The van der Waals surface area contributed by atoms with Crippen molar-refractivity contribution in [2.24, 2.45) is 4.99 Å². The van der Waals surface area contributed by atoms with Gasteiger partial charge in [-0.05, 0) is 24.1 Å². The summed E-state index contributed by atoms with van der Waals surface area (Å²) in [6.07, 6.45) is 0.488. The third-order valence-electron chi connectivity index (χ3n) is 4.02. The van der Waals surface area contributed by atoms with Gasteiger partial charge in [-0.25, -0.2) is 8.42 Å². The molecule has 2 N–H and O–H groups in total. The zero-order valence-corrected chi connectivity index (χ0v) is 17.3. The van der Waals surface area contributed by atoms with Crippen molar-refractivity contribution in [1.29, 1.82) is 0 Å². The first-order valence-corrected chi connectivity index (χ1v) is 10.7. The highest BCUT2D eigenvalue weighted by Crippen LogP contribution is 2.29. The van der Waals surface area contributed by atoms with Gasteiger partial charge in [-0.1, -0.05) is 30.3 Å². The van der Waals surface area contributed by atoms with Gasteiger partial charge in [0.25, 0.3) is 0 Å². The Morgan fingerprint density at radius 1 is 1.04 bits per heavy atom. The summed E-state index contributed by atoms with van der Waals surface area (Å²) in [7, 11) is 1.66. The second-order valence-electron chi connectivity index (χ2n) is 6.12. The van der Waals surface area contributed by atoms with Crippen molar-refractivity contribution in [2.75, 3.05) is 38.9 Å². The van der Waals surface area contributed by atoms with E-state index in [0.717, 1.165) is 11.3 Å². The molecule has 2 rings (SSSR count). The number of sulfone groups is 1. The Labute approximate surface area is 166 Å². The second kappa shape index (κ2) is 10.6. The van der Waals surface area contributed by atoms with Gasteiger partial charge in [0.05, 0.1) is 25.7 Å². The average Bonchev–Trinajstić information content (AvgIpc) is 2.70. The molecule has 28 heavy (non-hydrogen) atoms. The molecule has 0 aromatic heterocycles. The van der Waals surface area contributed by atoms with E-state index in [1.807, 2.05) is 36.4 Å². The molecule has 0 spiro atoms. The van der Waals surface area contributed by atoms with Gasteiger partial charge in [-0.15, -0.1) is 0 Å². The molecule has 2 aromatic carbocycles. The van der Waals surface area contributed by atoms with Crippen LogP contribution in [0.3, 0.4) is 0 Å². The second-order valence-corrected chi connectivity index (χ2v) is 8.31. The maximum atomic E-state index is 12.2. The highest BCUT2D eigenvalue weighted by atomic mass is 32.2. The van der Waals surface area contributed by atoms with Crippen molar-refractivity contribution in [1.82, 2.24) is 5.32 Å². The number of methoxy groups -OCH3 is 2. The lowest BCUT2D eigenvalue weighted by atomic mass is 10.2. The molecular weight excluding hydrogens is 378 g/mol. The van der Waals surface area contributed by atoms with Crippen LogP contribution in [0.25, 0.3) is 0 Å². The SMILES string of the molecule is CN=C(NCCCS(=O)(=O)Cc1ccccc1)Nc1ccc(OC)c(OC)c1. The molecule has 152 valence electrons. The van der Waals surface area contributed by atoms with Gasteiger partial charge in [0, 0.05) is 25.3 Å². The Bertz CT molecular complexity index is 884. The first-order chi connectivity index (χ1) is 13.5. The number of aliphatic imine (C=N–C) groups is 1. The van der Waals surface area contributed by atoms with Crippen LogP contribution < -0.4 is 20.1 Å². The number of anilines is 1. The lowest BCUT2D eigenvalue weighted by Crippen LogP contribution is -2.32.